The van der Waals surface area contributed by atoms with Gasteiger partial charge in [0.05, 0.1) is 12.1 Å². The summed E-state index contributed by atoms with van der Waals surface area (Å²) in [6.07, 6.45) is 0.661. The highest BCUT2D eigenvalue weighted by molar-refractivity contribution is 7.17. The molecule has 170 valence electrons. The van der Waals surface area contributed by atoms with Crippen LogP contribution >= 0.6 is 11.3 Å². The fourth-order valence-electron chi connectivity index (χ4n) is 3.87. The minimum atomic E-state index is -0.340. The normalized spacial score (nSPS) is 11.1. The van der Waals surface area contributed by atoms with Gasteiger partial charge < -0.3 is 5.32 Å². The summed E-state index contributed by atoms with van der Waals surface area (Å²) in [6.45, 7) is 5.09. The summed E-state index contributed by atoms with van der Waals surface area (Å²) in [5.41, 5.74) is 4.36. The van der Waals surface area contributed by atoms with Crippen molar-refractivity contribution < 1.29 is 4.79 Å². The van der Waals surface area contributed by atoms with Crippen LogP contribution in [0.5, 0.6) is 0 Å². The number of rotatable bonds is 8. The Morgan fingerprint density at radius 1 is 0.939 bits per heavy atom. The molecule has 0 unspecified atom stereocenters. The molecule has 0 aliphatic carbocycles. The Morgan fingerprint density at radius 2 is 1.73 bits per heavy atom. The largest absolute Gasteiger partial charge is 0.352 e. The molecule has 6 nitrogen and oxygen atoms in total. The van der Waals surface area contributed by atoms with Crippen LogP contribution in [0.4, 0.5) is 0 Å². The van der Waals surface area contributed by atoms with Gasteiger partial charge in [-0.15, -0.1) is 11.3 Å². The predicted molar refractivity (Wildman–Crippen MR) is 133 cm³/mol. The fraction of sp³-hybridized carbons (Fsp3) is 0.269. The van der Waals surface area contributed by atoms with Crippen LogP contribution < -0.4 is 16.6 Å². The molecule has 0 atom stereocenters. The Kier molecular flexibility index (Phi) is 6.89. The summed E-state index contributed by atoms with van der Waals surface area (Å²) in [5, 5.41) is 4.74. The van der Waals surface area contributed by atoms with Crippen molar-refractivity contribution in [1.29, 1.82) is 0 Å². The highest BCUT2D eigenvalue weighted by atomic mass is 32.1. The Balaban J connectivity index is 1.47. The van der Waals surface area contributed by atoms with E-state index in [0.717, 1.165) is 16.7 Å². The molecule has 0 saturated carbocycles. The molecule has 0 spiro atoms. The first-order valence-electron chi connectivity index (χ1n) is 11.0. The van der Waals surface area contributed by atoms with Gasteiger partial charge in [0.25, 0.3) is 5.56 Å². The number of carbonyl (C=O) groups excluding carboxylic acids is 1. The van der Waals surface area contributed by atoms with E-state index in [1.54, 1.807) is 4.57 Å². The summed E-state index contributed by atoms with van der Waals surface area (Å²) in [6, 6.07) is 17.8. The molecular weight excluding hydrogens is 434 g/mol. The van der Waals surface area contributed by atoms with Crippen molar-refractivity contribution in [3.8, 4) is 0 Å². The lowest BCUT2D eigenvalue weighted by Crippen LogP contribution is -2.40. The highest BCUT2D eigenvalue weighted by Gasteiger charge is 2.15. The molecule has 0 aliphatic rings. The van der Waals surface area contributed by atoms with E-state index in [1.807, 2.05) is 73.8 Å². The van der Waals surface area contributed by atoms with E-state index in [4.69, 9.17) is 0 Å². The average molecular weight is 462 g/mol. The minimum absolute atomic E-state index is 0.0964. The van der Waals surface area contributed by atoms with Crippen LogP contribution in [0.25, 0.3) is 10.2 Å². The Labute approximate surface area is 196 Å². The lowest BCUT2D eigenvalue weighted by atomic mass is 10.1. The van der Waals surface area contributed by atoms with Crippen LogP contribution in [-0.4, -0.2) is 15.0 Å². The second kappa shape index (κ2) is 10.0. The number of fused-ring (bicyclic) bond motifs is 1. The van der Waals surface area contributed by atoms with E-state index >= 15 is 0 Å². The summed E-state index contributed by atoms with van der Waals surface area (Å²) in [7, 11) is 0. The van der Waals surface area contributed by atoms with E-state index in [9.17, 15) is 14.4 Å². The second-order valence-electron chi connectivity index (χ2n) is 8.32. The average Bonchev–Trinajstić information content (AvgIpc) is 3.29. The summed E-state index contributed by atoms with van der Waals surface area (Å²) >= 11 is 1.34. The molecule has 4 rings (SSSR count). The van der Waals surface area contributed by atoms with Crippen LogP contribution in [0.1, 0.15) is 35.1 Å². The van der Waals surface area contributed by atoms with Crippen LogP contribution in [-0.2, 0) is 24.4 Å². The SMILES string of the molecule is Cc1ccc(CNC(=O)CCCn2c(=O)c3sccc3n(Cc3cccc(C)c3)c2=O)cc1. The summed E-state index contributed by atoms with van der Waals surface area (Å²) in [5.74, 6) is -0.0964. The van der Waals surface area contributed by atoms with Gasteiger partial charge in [0.15, 0.2) is 0 Å². The zero-order valence-corrected chi connectivity index (χ0v) is 19.7. The molecule has 4 aromatic rings. The zero-order chi connectivity index (χ0) is 23.4. The third kappa shape index (κ3) is 5.31. The number of amides is 1. The molecule has 1 amide bonds. The van der Waals surface area contributed by atoms with E-state index in [0.29, 0.717) is 29.7 Å². The molecule has 0 radical (unpaired) electrons. The number of hydrogen-bond donors (Lipinski definition) is 1. The van der Waals surface area contributed by atoms with Gasteiger partial charge in [-0.3, -0.25) is 18.7 Å². The number of aryl methyl sites for hydroxylation is 2. The first-order valence-corrected chi connectivity index (χ1v) is 11.9. The minimum Gasteiger partial charge on any atom is -0.352 e. The van der Waals surface area contributed by atoms with Crippen LogP contribution in [0.15, 0.2) is 69.6 Å². The standard InChI is InChI=1S/C26H27N3O3S/c1-18-8-10-20(11-9-18)16-27-23(30)7-4-13-28-25(31)24-22(12-14-33-24)29(26(28)32)17-21-6-3-5-19(2)15-21/h3,5-6,8-12,14-15H,4,7,13,16-17H2,1-2H3,(H,27,30). The van der Waals surface area contributed by atoms with Crippen molar-refractivity contribution in [1.82, 2.24) is 14.5 Å². The molecule has 7 heteroatoms. The highest BCUT2D eigenvalue weighted by Crippen LogP contribution is 2.17. The van der Waals surface area contributed by atoms with E-state index in [2.05, 4.69) is 5.32 Å². The number of nitrogens with one attached hydrogen (secondary N) is 1. The number of aromatic nitrogens is 2. The molecule has 33 heavy (non-hydrogen) atoms. The van der Waals surface area contributed by atoms with Gasteiger partial charge in [-0.1, -0.05) is 59.7 Å². The molecule has 1 N–H and O–H groups in total. The summed E-state index contributed by atoms with van der Waals surface area (Å²) < 4.78 is 3.48. The maximum atomic E-state index is 13.2. The van der Waals surface area contributed by atoms with Gasteiger partial charge >= 0.3 is 5.69 Å². The quantitative estimate of drug-likeness (QED) is 0.431. The molecule has 2 aromatic heterocycles. The van der Waals surface area contributed by atoms with Gasteiger partial charge in [-0.25, -0.2) is 4.79 Å². The van der Waals surface area contributed by atoms with Crippen LogP contribution in [0, 0.1) is 13.8 Å². The van der Waals surface area contributed by atoms with Gasteiger partial charge in [0, 0.05) is 19.5 Å². The number of thiophene rings is 1. The Bertz CT molecular complexity index is 1400. The van der Waals surface area contributed by atoms with Crippen molar-refractivity contribution in [3.63, 3.8) is 0 Å². The number of benzene rings is 2. The smallest absolute Gasteiger partial charge is 0.331 e. The summed E-state index contributed by atoms with van der Waals surface area (Å²) in [4.78, 5) is 38.5. The van der Waals surface area contributed by atoms with Crippen molar-refractivity contribution in [2.75, 3.05) is 0 Å². The van der Waals surface area contributed by atoms with Crippen molar-refractivity contribution in [3.05, 3.63) is 103 Å². The molecule has 2 heterocycles. The number of nitrogens with zero attached hydrogens (tertiary/aromatic N) is 2. The topological polar surface area (TPSA) is 73.1 Å². The monoisotopic (exact) mass is 461 g/mol. The van der Waals surface area contributed by atoms with E-state index in [-0.39, 0.29) is 30.1 Å². The fourth-order valence-corrected chi connectivity index (χ4v) is 4.71. The molecule has 0 bridgehead atoms. The molecule has 2 aromatic carbocycles. The van der Waals surface area contributed by atoms with Crippen molar-refractivity contribution >= 4 is 27.5 Å². The first kappa shape index (κ1) is 22.7. The van der Waals surface area contributed by atoms with Gasteiger partial charge in [-0.05, 0) is 42.8 Å². The maximum absolute atomic E-state index is 13.2. The van der Waals surface area contributed by atoms with Gasteiger partial charge in [0.1, 0.15) is 4.70 Å². The molecular formula is C26H27N3O3S. The lowest BCUT2D eigenvalue weighted by Gasteiger charge is -2.13. The maximum Gasteiger partial charge on any atom is 0.331 e. The van der Waals surface area contributed by atoms with E-state index < -0.39 is 0 Å². The third-order valence-electron chi connectivity index (χ3n) is 5.66. The third-order valence-corrected chi connectivity index (χ3v) is 6.55. The lowest BCUT2D eigenvalue weighted by molar-refractivity contribution is -0.121. The Morgan fingerprint density at radius 3 is 2.48 bits per heavy atom. The predicted octanol–water partition coefficient (Wildman–Crippen LogP) is 3.99. The molecule has 0 fully saturated rings. The second-order valence-corrected chi connectivity index (χ2v) is 9.23. The number of hydrogen-bond acceptors (Lipinski definition) is 4. The van der Waals surface area contributed by atoms with Crippen molar-refractivity contribution in [2.24, 2.45) is 0 Å². The van der Waals surface area contributed by atoms with Crippen molar-refractivity contribution in [2.45, 2.75) is 46.3 Å². The van der Waals surface area contributed by atoms with E-state index in [1.165, 1.54) is 21.5 Å². The van der Waals surface area contributed by atoms with Gasteiger partial charge in [-0.2, -0.15) is 0 Å². The Hall–Kier alpha value is -3.45. The zero-order valence-electron chi connectivity index (χ0n) is 18.8. The number of carbonyl (C=O) groups is 1. The first-order chi connectivity index (χ1) is 15.9. The van der Waals surface area contributed by atoms with Crippen LogP contribution in [0.3, 0.4) is 0 Å². The molecule has 0 saturated heterocycles. The molecule has 0 aliphatic heterocycles. The van der Waals surface area contributed by atoms with Gasteiger partial charge in [0.2, 0.25) is 5.91 Å². The van der Waals surface area contributed by atoms with Crippen LogP contribution in [0.2, 0.25) is 0 Å².